The molecule has 1 aromatic heterocycles. The minimum Gasteiger partial charge on any atom is -0.481 e. The largest absolute Gasteiger partial charge is 0.481 e. The van der Waals surface area contributed by atoms with Gasteiger partial charge in [0.25, 0.3) is 0 Å². The number of allylic oxidation sites excluding steroid dienone is 2. The molecule has 7 nitrogen and oxygen atoms in total. The molecular weight excluding hydrogens is 264 g/mol. The fraction of sp³-hybridized carbons (Fsp3) is 0.615. The van der Waals surface area contributed by atoms with Crippen LogP contribution in [-0.4, -0.2) is 41.0 Å². The van der Waals surface area contributed by atoms with Crippen LogP contribution >= 0.6 is 0 Å². The van der Waals surface area contributed by atoms with Gasteiger partial charge in [-0.05, 0) is 12.8 Å². The Morgan fingerprint density at radius 2 is 2.15 bits per heavy atom. The van der Waals surface area contributed by atoms with Crippen molar-refractivity contribution in [3.05, 3.63) is 23.9 Å². The van der Waals surface area contributed by atoms with Gasteiger partial charge in [-0.15, -0.1) is 0 Å². The molecule has 1 aliphatic heterocycles. The van der Waals surface area contributed by atoms with E-state index in [4.69, 9.17) is 14.0 Å². The molecule has 3 unspecified atom stereocenters. The third kappa shape index (κ3) is 2.59. The second-order valence-corrected chi connectivity index (χ2v) is 4.92. The fourth-order valence-corrected chi connectivity index (χ4v) is 2.53. The maximum atomic E-state index is 11.3. The van der Waals surface area contributed by atoms with Gasteiger partial charge in [-0.3, -0.25) is 4.79 Å². The molecule has 3 rings (SSSR count). The summed E-state index contributed by atoms with van der Waals surface area (Å²) in [5.41, 5.74) is 0. The molecule has 1 aliphatic carbocycles. The Morgan fingerprint density at radius 3 is 2.90 bits per heavy atom. The SMILES string of the molecule is O=C(O)C1CC=CCC1c1nc(C2COCCO2)no1. The summed E-state index contributed by atoms with van der Waals surface area (Å²) in [7, 11) is 0. The maximum Gasteiger partial charge on any atom is 0.307 e. The van der Waals surface area contributed by atoms with E-state index in [1.54, 1.807) is 0 Å². The topological polar surface area (TPSA) is 94.7 Å². The first-order chi connectivity index (χ1) is 9.75. The van der Waals surface area contributed by atoms with Crippen LogP contribution in [0, 0.1) is 5.92 Å². The van der Waals surface area contributed by atoms with Crippen LogP contribution in [0.5, 0.6) is 0 Å². The van der Waals surface area contributed by atoms with Crippen LogP contribution in [-0.2, 0) is 14.3 Å². The highest BCUT2D eigenvalue weighted by atomic mass is 16.6. The monoisotopic (exact) mass is 280 g/mol. The Hall–Kier alpha value is -1.73. The van der Waals surface area contributed by atoms with Crippen molar-refractivity contribution in [3.8, 4) is 0 Å². The quantitative estimate of drug-likeness (QED) is 0.833. The molecule has 7 heteroatoms. The third-order valence-electron chi connectivity index (χ3n) is 3.63. The lowest BCUT2D eigenvalue weighted by Gasteiger charge is -2.21. The number of aromatic nitrogens is 2. The van der Waals surface area contributed by atoms with Gasteiger partial charge in [0.15, 0.2) is 0 Å². The van der Waals surface area contributed by atoms with E-state index in [0.717, 1.165) is 0 Å². The molecule has 0 amide bonds. The van der Waals surface area contributed by atoms with Crippen LogP contribution in [0.25, 0.3) is 0 Å². The fourth-order valence-electron chi connectivity index (χ4n) is 2.53. The van der Waals surface area contributed by atoms with E-state index in [-0.39, 0.29) is 12.0 Å². The molecule has 1 aromatic rings. The third-order valence-corrected chi connectivity index (χ3v) is 3.63. The molecule has 1 fully saturated rings. The van der Waals surface area contributed by atoms with E-state index in [0.29, 0.717) is 44.4 Å². The van der Waals surface area contributed by atoms with Crippen LogP contribution < -0.4 is 0 Å². The van der Waals surface area contributed by atoms with Crippen LogP contribution in [0.4, 0.5) is 0 Å². The first-order valence-corrected chi connectivity index (χ1v) is 6.66. The predicted molar refractivity (Wildman–Crippen MR) is 66.1 cm³/mol. The number of hydrogen-bond donors (Lipinski definition) is 1. The highest BCUT2D eigenvalue weighted by Crippen LogP contribution is 2.34. The Bertz CT molecular complexity index is 507. The van der Waals surface area contributed by atoms with Crippen LogP contribution in [0.3, 0.4) is 0 Å². The van der Waals surface area contributed by atoms with Crippen molar-refractivity contribution >= 4 is 5.97 Å². The Balaban J connectivity index is 1.78. The number of carboxylic acid groups (broad SMARTS) is 1. The number of rotatable bonds is 3. The van der Waals surface area contributed by atoms with Crippen LogP contribution in [0.2, 0.25) is 0 Å². The summed E-state index contributed by atoms with van der Waals surface area (Å²) in [6, 6.07) is 0. The van der Waals surface area contributed by atoms with Gasteiger partial charge in [0.2, 0.25) is 11.7 Å². The number of nitrogens with zero attached hydrogens (tertiary/aromatic N) is 2. The predicted octanol–water partition coefficient (Wildman–Crippen LogP) is 1.29. The molecule has 0 spiro atoms. The van der Waals surface area contributed by atoms with Crippen molar-refractivity contribution in [2.24, 2.45) is 5.92 Å². The first-order valence-electron chi connectivity index (χ1n) is 6.66. The molecule has 2 aliphatic rings. The average Bonchev–Trinajstić information content (AvgIpc) is 2.98. The van der Waals surface area contributed by atoms with E-state index in [1.807, 2.05) is 12.2 Å². The number of carboxylic acids is 1. The molecule has 108 valence electrons. The summed E-state index contributed by atoms with van der Waals surface area (Å²) in [6.07, 6.45) is 4.59. The summed E-state index contributed by atoms with van der Waals surface area (Å²) in [6.45, 7) is 1.46. The van der Waals surface area contributed by atoms with Gasteiger partial charge in [-0.25, -0.2) is 0 Å². The lowest BCUT2D eigenvalue weighted by atomic mass is 9.83. The van der Waals surface area contributed by atoms with E-state index in [1.165, 1.54) is 0 Å². The second kappa shape index (κ2) is 5.72. The standard InChI is InChI=1S/C13H16N2O5/c16-13(17)9-4-2-1-3-8(9)12-14-11(15-20-12)10-7-18-5-6-19-10/h1-2,8-10H,3-7H2,(H,16,17). The molecule has 2 heterocycles. The summed E-state index contributed by atoms with van der Waals surface area (Å²) >= 11 is 0. The van der Waals surface area contributed by atoms with Gasteiger partial charge in [0.05, 0.1) is 31.7 Å². The summed E-state index contributed by atoms with van der Waals surface area (Å²) in [5.74, 6) is -0.833. The molecule has 1 N–H and O–H groups in total. The molecule has 0 bridgehead atoms. The lowest BCUT2D eigenvalue weighted by Crippen LogP contribution is -2.24. The number of aliphatic carboxylic acids is 1. The van der Waals surface area contributed by atoms with E-state index >= 15 is 0 Å². The van der Waals surface area contributed by atoms with Gasteiger partial charge in [-0.1, -0.05) is 17.3 Å². The van der Waals surface area contributed by atoms with Crippen LogP contribution in [0.15, 0.2) is 16.7 Å². The number of carbonyl (C=O) groups is 1. The van der Waals surface area contributed by atoms with Gasteiger partial charge < -0.3 is 19.1 Å². The molecule has 20 heavy (non-hydrogen) atoms. The number of ether oxygens (including phenoxy) is 2. The lowest BCUT2D eigenvalue weighted by molar-refractivity contribution is -0.142. The summed E-state index contributed by atoms with van der Waals surface area (Å²) in [4.78, 5) is 15.6. The van der Waals surface area contributed by atoms with Gasteiger partial charge in [0.1, 0.15) is 6.10 Å². The van der Waals surface area contributed by atoms with Gasteiger partial charge in [0, 0.05) is 0 Å². The van der Waals surface area contributed by atoms with Crippen molar-refractivity contribution in [1.29, 1.82) is 0 Å². The number of hydrogen-bond acceptors (Lipinski definition) is 6. The smallest absolute Gasteiger partial charge is 0.307 e. The zero-order chi connectivity index (χ0) is 13.9. The molecule has 3 atom stereocenters. The minimum absolute atomic E-state index is 0.275. The minimum atomic E-state index is -0.837. The average molecular weight is 280 g/mol. The molecular formula is C13H16N2O5. The van der Waals surface area contributed by atoms with Crippen LogP contribution in [0.1, 0.15) is 36.6 Å². The molecule has 0 radical (unpaired) electrons. The Kier molecular flexibility index (Phi) is 3.79. The van der Waals surface area contributed by atoms with Gasteiger partial charge >= 0.3 is 5.97 Å². The van der Waals surface area contributed by atoms with Crippen molar-refractivity contribution in [3.63, 3.8) is 0 Å². The molecule has 1 saturated heterocycles. The second-order valence-electron chi connectivity index (χ2n) is 4.92. The zero-order valence-electron chi connectivity index (χ0n) is 10.9. The highest BCUT2D eigenvalue weighted by Gasteiger charge is 2.34. The summed E-state index contributed by atoms with van der Waals surface area (Å²) in [5, 5.41) is 13.2. The maximum absolute atomic E-state index is 11.3. The highest BCUT2D eigenvalue weighted by molar-refractivity contribution is 5.71. The summed E-state index contributed by atoms with van der Waals surface area (Å²) < 4.78 is 16.0. The van der Waals surface area contributed by atoms with Crippen molar-refractivity contribution in [1.82, 2.24) is 10.1 Å². The van der Waals surface area contributed by atoms with Crippen molar-refractivity contribution < 1.29 is 23.9 Å². The Labute approximate surface area is 115 Å². The Morgan fingerprint density at radius 1 is 1.30 bits per heavy atom. The molecule has 0 aromatic carbocycles. The van der Waals surface area contributed by atoms with E-state index in [2.05, 4.69) is 10.1 Å². The normalized spacial score (nSPS) is 30.3. The zero-order valence-corrected chi connectivity index (χ0v) is 10.9. The van der Waals surface area contributed by atoms with E-state index < -0.39 is 11.9 Å². The van der Waals surface area contributed by atoms with Crippen molar-refractivity contribution in [2.45, 2.75) is 24.9 Å². The van der Waals surface area contributed by atoms with E-state index in [9.17, 15) is 9.90 Å². The first kappa shape index (κ1) is 13.3. The van der Waals surface area contributed by atoms with Gasteiger partial charge in [-0.2, -0.15) is 4.98 Å². The van der Waals surface area contributed by atoms with Crippen molar-refractivity contribution in [2.75, 3.05) is 19.8 Å². The molecule has 0 saturated carbocycles.